The highest BCUT2D eigenvalue weighted by Gasteiger charge is 2.39. The molecule has 1 aliphatic carbocycles. The van der Waals surface area contributed by atoms with Crippen molar-refractivity contribution in [1.82, 2.24) is 0 Å². The highest BCUT2D eigenvalue weighted by atomic mass is 19.1. The van der Waals surface area contributed by atoms with E-state index >= 15 is 0 Å². The molecule has 18 heavy (non-hydrogen) atoms. The zero-order chi connectivity index (χ0) is 16.2. The van der Waals surface area contributed by atoms with Crippen molar-refractivity contribution in [3.05, 3.63) is 70.9 Å². The summed E-state index contributed by atoms with van der Waals surface area (Å²) in [6, 6.07) is 2.96. The van der Waals surface area contributed by atoms with Crippen LogP contribution in [-0.4, -0.2) is 11.6 Å². The van der Waals surface area contributed by atoms with Gasteiger partial charge in [-0.05, 0) is 17.6 Å². The van der Waals surface area contributed by atoms with Crippen LogP contribution in [0.3, 0.4) is 0 Å². The summed E-state index contributed by atoms with van der Waals surface area (Å²) in [5, 5.41) is 0. The van der Waals surface area contributed by atoms with Crippen LogP contribution in [0.1, 0.15) is 37.7 Å². The summed E-state index contributed by atoms with van der Waals surface area (Å²) in [6.07, 6.45) is 0. The van der Waals surface area contributed by atoms with E-state index in [1.54, 1.807) is 12.1 Å². The van der Waals surface area contributed by atoms with Crippen LogP contribution in [0.4, 0.5) is 4.39 Å². The van der Waals surface area contributed by atoms with E-state index in [2.05, 4.69) is 0 Å². The molecule has 0 amide bonds. The van der Waals surface area contributed by atoms with E-state index in [4.69, 9.17) is 5.48 Å². The number of ketones is 2. The van der Waals surface area contributed by atoms with Crippen molar-refractivity contribution < 1.29 is 19.5 Å². The van der Waals surface area contributed by atoms with Crippen LogP contribution in [0.25, 0.3) is 0 Å². The standard InChI is InChI=1S/C15H9FO2/c16-10-7-5-9(6-8-10)13-14(17)11-3-1-2-4-12(11)15(13)18/h1-8,13H/i5D,6D,7D,8D. The molecule has 2 aromatic carbocycles. The van der Waals surface area contributed by atoms with Crippen molar-refractivity contribution in [2.24, 2.45) is 0 Å². The van der Waals surface area contributed by atoms with Crippen molar-refractivity contribution in [3.63, 3.8) is 0 Å². The quantitative estimate of drug-likeness (QED) is 0.723. The van der Waals surface area contributed by atoms with Gasteiger partial charge in [0.15, 0.2) is 11.6 Å². The number of benzene rings is 2. The highest BCUT2D eigenvalue weighted by molar-refractivity contribution is 6.29. The molecule has 0 heterocycles. The van der Waals surface area contributed by atoms with Crippen molar-refractivity contribution >= 4 is 11.6 Å². The summed E-state index contributed by atoms with van der Waals surface area (Å²) in [4.78, 5) is 24.8. The predicted molar refractivity (Wildman–Crippen MR) is 64.2 cm³/mol. The number of halogens is 1. The molecule has 1 aliphatic rings. The lowest BCUT2D eigenvalue weighted by molar-refractivity contribution is 0.0890. The Labute approximate surface area is 109 Å². The first kappa shape index (κ1) is 7.21. The number of rotatable bonds is 1. The predicted octanol–water partition coefficient (Wildman–Crippen LogP) is 2.99. The Kier molecular flexibility index (Phi) is 1.55. The maximum absolute atomic E-state index is 13.6. The highest BCUT2D eigenvalue weighted by Crippen LogP contribution is 2.33. The molecule has 0 saturated carbocycles. The SMILES string of the molecule is [2H]c1c([2H])c(C2C(=O)c3ccccc3C2=O)c([2H])c([2H])c1F. The normalized spacial score (nSPS) is 18.1. The van der Waals surface area contributed by atoms with Gasteiger partial charge in [-0.3, -0.25) is 9.59 Å². The third kappa shape index (κ3) is 1.48. The summed E-state index contributed by atoms with van der Waals surface area (Å²) < 4.78 is 44.2. The maximum atomic E-state index is 13.6. The van der Waals surface area contributed by atoms with E-state index in [1.807, 2.05) is 0 Å². The zero-order valence-corrected chi connectivity index (χ0v) is 9.08. The molecule has 0 atom stereocenters. The fourth-order valence-electron chi connectivity index (χ4n) is 2.06. The molecule has 0 aromatic heterocycles. The topological polar surface area (TPSA) is 34.1 Å². The van der Waals surface area contributed by atoms with Crippen LogP contribution in [0.15, 0.2) is 48.4 Å². The number of hydrogen-bond donors (Lipinski definition) is 0. The van der Waals surface area contributed by atoms with Crippen LogP contribution >= 0.6 is 0 Å². The van der Waals surface area contributed by atoms with Gasteiger partial charge in [0.2, 0.25) is 0 Å². The zero-order valence-electron chi connectivity index (χ0n) is 13.1. The van der Waals surface area contributed by atoms with Crippen LogP contribution in [0.5, 0.6) is 0 Å². The lowest BCUT2D eigenvalue weighted by atomic mass is 9.94. The molecule has 2 nitrogen and oxygen atoms in total. The summed E-state index contributed by atoms with van der Waals surface area (Å²) in [5.41, 5.74) is -0.0139. The van der Waals surface area contributed by atoms with Crippen molar-refractivity contribution in [1.29, 1.82) is 0 Å². The van der Waals surface area contributed by atoms with Gasteiger partial charge in [0.05, 0.1) is 5.48 Å². The molecule has 0 N–H and O–H groups in total. The Morgan fingerprint density at radius 3 is 1.94 bits per heavy atom. The van der Waals surface area contributed by atoms with Gasteiger partial charge < -0.3 is 0 Å². The molecular weight excluding hydrogens is 231 g/mol. The molecule has 0 bridgehead atoms. The van der Waals surface area contributed by atoms with Gasteiger partial charge in [-0.25, -0.2) is 4.39 Å². The van der Waals surface area contributed by atoms with Gasteiger partial charge in [-0.1, -0.05) is 36.4 Å². The third-order valence-corrected chi connectivity index (χ3v) is 2.88. The second kappa shape index (κ2) is 3.88. The molecule has 3 rings (SSSR count). The van der Waals surface area contributed by atoms with E-state index in [0.717, 1.165) is 0 Å². The summed E-state index contributed by atoms with van der Waals surface area (Å²) >= 11 is 0. The lowest BCUT2D eigenvalue weighted by Crippen LogP contribution is -2.12. The summed E-state index contributed by atoms with van der Waals surface area (Å²) in [7, 11) is 0. The molecular formula is C15H9FO2. The fourth-order valence-corrected chi connectivity index (χ4v) is 2.06. The molecule has 0 spiro atoms. The van der Waals surface area contributed by atoms with E-state index in [0.29, 0.717) is 0 Å². The van der Waals surface area contributed by atoms with E-state index in [-0.39, 0.29) is 16.7 Å². The van der Waals surface area contributed by atoms with Gasteiger partial charge in [-0.2, -0.15) is 0 Å². The Balaban J connectivity index is 2.27. The van der Waals surface area contributed by atoms with Crippen molar-refractivity contribution in [3.8, 4) is 0 Å². The Hall–Kier alpha value is -2.29. The maximum Gasteiger partial charge on any atom is 0.178 e. The van der Waals surface area contributed by atoms with Crippen LogP contribution in [0.2, 0.25) is 0 Å². The average Bonchev–Trinajstić information content (AvgIpc) is 2.77. The Bertz CT molecular complexity index is 784. The number of carbonyl (C=O) groups is 2. The first-order valence-electron chi connectivity index (χ1n) is 7.29. The van der Waals surface area contributed by atoms with Gasteiger partial charge >= 0.3 is 0 Å². The molecule has 2 aromatic rings. The minimum atomic E-state index is -1.45. The van der Waals surface area contributed by atoms with E-state index in [9.17, 15) is 14.0 Å². The first-order chi connectivity index (χ1) is 10.4. The van der Waals surface area contributed by atoms with Crippen LogP contribution in [-0.2, 0) is 0 Å². The van der Waals surface area contributed by atoms with Gasteiger partial charge in [0.25, 0.3) is 0 Å². The lowest BCUT2D eigenvalue weighted by Gasteiger charge is -2.06. The molecule has 3 heteroatoms. The molecule has 0 aliphatic heterocycles. The van der Waals surface area contributed by atoms with Crippen LogP contribution in [0, 0.1) is 5.82 Å². The second-order valence-electron chi connectivity index (χ2n) is 3.93. The molecule has 0 radical (unpaired) electrons. The van der Waals surface area contributed by atoms with E-state index in [1.165, 1.54) is 12.1 Å². The van der Waals surface area contributed by atoms with Crippen LogP contribution < -0.4 is 0 Å². The molecule has 0 saturated heterocycles. The summed E-state index contributed by atoms with van der Waals surface area (Å²) in [5.74, 6) is -3.93. The fraction of sp³-hybridized carbons (Fsp3) is 0.0667. The first-order valence-corrected chi connectivity index (χ1v) is 5.29. The second-order valence-corrected chi connectivity index (χ2v) is 3.93. The Morgan fingerprint density at radius 2 is 1.44 bits per heavy atom. The average molecular weight is 244 g/mol. The van der Waals surface area contributed by atoms with Gasteiger partial charge in [0, 0.05) is 11.1 Å². The number of carbonyl (C=O) groups excluding carboxylic acids is 2. The van der Waals surface area contributed by atoms with Crippen molar-refractivity contribution in [2.75, 3.05) is 0 Å². The third-order valence-electron chi connectivity index (χ3n) is 2.88. The molecule has 0 fully saturated rings. The van der Waals surface area contributed by atoms with Gasteiger partial charge in [-0.15, -0.1) is 0 Å². The smallest absolute Gasteiger partial charge is 0.178 e. The number of fused-ring (bicyclic) bond motifs is 1. The van der Waals surface area contributed by atoms with Gasteiger partial charge in [0.1, 0.15) is 11.7 Å². The minimum Gasteiger partial charge on any atom is -0.293 e. The van der Waals surface area contributed by atoms with Crippen molar-refractivity contribution in [2.45, 2.75) is 5.92 Å². The number of Topliss-reactive ketones (excluding diaryl/α,β-unsaturated/α-hetero) is 2. The summed E-state index contributed by atoms with van der Waals surface area (Å²) in [6.45, 7) is 0. The molecule has 88 valence electrons. The molecule has 0 unspecified atom stereocenters. The Morgan fingerprint density at radius 1 is 0.944 bits per heavy atom. The van der Waals surface area contributed by atoms with E-state index < -0.39 is 47.5 Å². The minimum absolute atomic E-state index is 0.179. The number of hydrogen-bond acceptors (Lipinski definition) is 2. The largest absolute Gasteiger partial charge is 0.293 e. The monoisotopic (exact) mass is 244 g/mol.